The van der Waals surface area contributed by atoms with Gasteiger partial charge in [0.2, 0.25) is 5.91 Å². The smallest absolute Gasteiger partial charge is 0.242 e. The van der Waals surface area contributed by atoms with E-state index in [1.54, 1.807) is 0 Å². The Kier molecular flexibility index (Phi) is 4.16. The second-order valence-corrected chi connectivity index (χ2v) is 5.22. The summed E-state index contributed by atoms with van der Waals surface area (Å²) in [5.74, 6) is 1.19. The number of hydrogen-bond acceptors (Lipinski definition) is 4. The Bertz CT molecular complexity index is 685. The minimum absolute atomic E-state index is 0.0924. The van der Waals surface area contributed by atoms with Crippen molar-refractivity contribution in [2.24, 2.45) is 0 Å². The molecule has 2 rings (SSSR count). The van der Waals surface area contributed by atoms with Crippen LogP contribution in [0.1, 0.15) is 30.9 Å². The molecule has 0 saturated heterocycles. The molecule has 0 spiro atoms. The second kappa shape index (κ2) is 5.71. The van der Waals surface area contributed by atoms with Gasteiger partial charge in [0.1, 0.15) is 23.8 Å². The Hall–Kier alpha value is -2.11. The fourth-order valence-corrected chi connectivity index (χ4v) is 2.68. The molecule has 0 aliphatic heterocycles. The molecule has 114 valence electrons. The summed E-state index contributed by atoms with van der Waals surface area (Å²) in [6, 6.07) is 0. The predicted octanol–water partition coefficient (Wildman–Crippen LogP) is 1.81. The maximum absolute atomic E-state index is 12.4. The molecule has 21 heavy (non-hydrogen) atoms. The number of nitrogens with zero attached hydrogens (tertiary/aromatic N) is 4. The van der Waals surface area contributed by atoms with Crippen LogP contribution in [0.15, 0.2) is 0 Å². The van der Waals surface area contributed by atoms with Crippen LogP contribution in [0, 0.1) is 20.8 Å². The van der Waals surface area contributed by atoms with Gasteiger partial charge in [-0.05, 0) is 40.2 Å². The van der Waals surface area contributed by atoms with Crippen LogP contribution in [0.2, 0.25) is 0 Å². The van der Waals surface area contributed by atoms with E-state index in [9.17, 15) is 4.79 Å². The minimum Gasteiger partial charge on any atom is -0.383 e. The van der Waals surface area contributed by atoms with Gasteiger partial charge in [-0.25, -0.2) is 9.97 Å². The lowest BCUT2D eigenvalue weighted by Crippen LogP contribution is -2.33. The Balaban J connectivity index is 2.54. The Labute approximate surface area is 125 Å². The van der Waals surface area contributed by atoms with E-state index in [0.717, 1.165) is 22.3 Å². The van der Waals surface area contributed by atoms with E-state index in [1.165, 1.54) is 0 Å². The molecular weight excluding hydrogens is 266 g/mol. The first-order valence-electron chi connectivity index (χ1n) is 7.27. The first kappa shape index (κ1) is 15.3. The highest BCUT2D eigenvalue weighted by atomic mass is 16.2. The number of amides is 1. The molecule has 0 aliphatic rings. The van der Waals surface area contributed by atoms with Gasteiger partial charge in [-0.15, -0.1) is 0 Å². The number of nitrogens with two attached hydrogens (primary N) is 1. The fourth-order valence-electron chi connectivity index (χ4n) is 2.68. The average molecular weight is 289 g/mol. The van der Waals surface area contributed by atoms with Gasteiger partial charge in [0.25, 0.3) is 0 Å². The third-order valence-corrected chi connectivity index (χ3v) is 4.02. The molecule has 2 aromatic rings. The van der Waals surface area contributed by atoms with Gasteiger partial charge >= 0.3 is 0 Å². The van der Waals surface area contributed by atoms with Crippen molar-refractivity contribution in [1.82, 2.24) is 19.4 Å². The summed E-state index contributed by atoms with van der Waals surface area (Å²) >= 11 is 0. The summed E-state index contributed by atoms with van der Waals surface area (Å²) in [6.07, 6.45) is 0. The summed E-state index contributed by atoms with van der Waals surface area (Å²) in [5.41, 5.74) is 8.82. The van der Waals surface area contributed by atoms with E-state index < -0.39 is 0 Å². The molecule has 2 aromatic heterocycles. The zero-order valence-corrected chi connectivity index (χ0v) is 13.4. The lowest BCUT2D eigenvalue weighted by Gasteiger charge is -2.19. The second-order valence-electron chi connectivity index (χ2n) is 5.22. The number of rotatable bonds is 4. The van der Waals surface area contributed by atoms with Crippen molar-refractivity contribution in [3.63, 3.8) is 0 Å². The fraction of sp³-hybridized carbons (Fsp3) is 0.533. The number of anilines is 1. The molecule has 0 unspecified atom stereocenters. The van der Waals surface area contributed by atoms with Crippen LogP contribution in [0.4, 0.5) is 5.82 Å². The molecule has 2 heterocycles. The van der Waals surface area contributed by atoms with E-state index in [-0.39, 0.29) is 12.5 Å². The molecule has 6 nitrogen and oxygen atoms in total. The molecule has 0 radical (unpaired) electrons. The summed E-state index contributed by atoms with van der Waals surface area (Å²) in [7, 11) is 0. The highest BCUT2D eigenvalue weighted by Crippen LogP contribution is 2.27. The van der Waals surface area contributed by atoms with Crippen molar-refractivity contribution in [3.8, 4) is 0 Å². The highest BCUT2D eigenvalue weighted by molar-refractivity contribution is 5.92. The average Bonchev–Trinajstić information content (AvgIpc) is 2.65. The molecule has 0 aromatic carbocycles. The SMILES string of the molecule is CCN(CC)C(=O)Cn1c(C)c(C)c2c(N)nc(C)nc21. The number of aryl methyl sites for hydroxylation is 2. The highest BCUT2D eigenvalue weighted by Gasteiger charge is 2.19. The maximum Gasteiger partial charge on any atom is 0.242 e. The van der Waals surface area contributed by atoms with Crippen molar-refractivity contribution in [1.29, 1.82) is 0 Å². The Morgan fingerprint density at radius 3 is 2.38 bits per heavy atom. The van der Waals surface area contributed by atoms with Gasteiger partial charge in [-0.2, -0.15) is 0 Å². The summed E-state index contributed by atoms with van der Waals surface area (Å²) < 4.78 is 1.94. The molecule has 0 bridgehead atoms. The van der Waals surface area contributed by atoms with Gasteiger partial charge < -0.3 is 15.2 Å². The molecule has 0 aliphatic carbocycles. The standard InChI is InChI=1S/C15H23N5O/c1-6-19(7-2)12(21)8-20-10(4)9(3)13-14(16)17-11(5)18-15(13)20/h6-8H2,1-5H3,(H2,16,17,18). The quantitative estimate of drug-likeness (QED) is 0.931. The maximum atomic E-state index is 12.4. The van der Waals surface area contributed by atoms with E-state index in [2.05, 4.69) is 9.97 Å². The Morgan fingerprint density at radius 2 is 1.81 bits per heavy atom. The summed E-state index contributed by atoms with van der Waals surface area (Å²) in [4.78, 5) is 22.9. The van der Waals surface area contributed by atoms with Crippen LogP contribution in [0.5, 0.6) is 0 Å². The van der Waals surface area contributed by atoms with Gasteiger partial charge in [0.15, 0.2) is 0 Å². The van der Waals surface area contributed by atoms with E-state index >= 15 is 0 Å². The summed E-state index contributed by atoms with van der Waals surface area (Å²) in [5, 5.41) is 0.852. The monoisotopic (exact) mass is 289 g/mol. The molecular formula is C15H23N5O. The van der Waals surface area contributed by atoms with E-state index in [1.807, 2.05) is 44.1 Å². The van der Waals surface area contributed by atoms with Crippen molar-refractivity contribution in [2.75, 3.05) is 18.8 Å². The van der Waals surface area contributed by atoms with Gasteiger partial charge in [-0.3, -0.25) is 4.79 Å². The van der Waals surface area contributed by atoms with E-state index in [0.29, 0.717) is 24.7 Å². The third kappa shape index (κ3) is 2.57. The van der Waals surface area contributed by atoms with Crippen molar-refractivity contribution >= 4 is 22.8 Å². The van der Waals surface area contributed by atoms with Crippen LogP contribution >= 0.6 is 0 Å². The number of carbonyl (C=O) groups is 1. The molecule has 0 atom stereocenters. The van der Waals surface area contributed by atoms with Crippen molar-refractivity contribution in [3.05, 3.63) is 17.1 Å². The number of hydrogen-bond donors (Lipinski definition) is 1. The predicted molar refractivity (Wildman–Crippen MR) is 84.1 cm³/mol. The van der Waals surface area contributed by atoms with Crippen molar-refractivity contribution < 1.29 is 4.79 Å². The van der Waals surface area contributed by atoms with Gasteiger partial charge in [0.05, 0.1) is 5.39 Å². The largest absolute Gasteiger partial charge is 0.383 e. The number of nitrogen functional groups attached to an aromatic ring is 1. The van der Waals surface area contributed by atoms with Crippen molar-refractivity contribution in [2.45, 2.75) is 41.2 Å². The zero-order valence-electron chi connectivity index (χ0n) is 13.4. The lowest BCUT2D eigenvalue weighted by atomic mass is 10.2. The van der Waals surface area contributed by atoms with Crippen LogP contribution in [0.3, 0.4) is 0 Å². The normalized spacial score (nSPS) is 11.1. The van der Waals surface area contributed by atoms with Crippen LogP contribution in [0.25, 0.3) is 11.0 Å². The first-order valence-corrected chi connectivity index (χ1v) is 7.27. The number of aromatic nitrogens is 3. The number of carbonyl (C=O) groups excluding carboxylic acids is 1. The number of fused-ring (bicyclic) bond motifs is 1. The molecule has 0 fully saturated rings. The topological polar surface area (TPSA) is 77.0 Å². The third-order valence-electron chi connectivity index (χ3n) is 4.02. The summed E-state index contributed by atoms with van der Waals surface area (Å²) in [6.45, 7) is 11.5. The molecule has 6 heteroatoms. The van der Waals surface area contributed by atoms with E-state index in [4.69, 9.17) is 5.73 Å². The van der Waals surface area contributed by atoms with Gasteiger partial charge in [0, 0.05) is 18.8 Å². The zero-order chi connectivity index (χ0) is 15.7. The van der Waals surface area contributed by atoms with Gasteiger partial charge in [-0.1, -0.05) is 0 Å². The lowest BCUT2D eigenvalue weighted by molar-refractivity contribution is -0.131. The molecule has 1 amide bonds. The van der Waals surface area contributed by atoms with Crippen LogP contribution in [-0.2, 0) is 11.3 Å². The Morgan fingerprint density at radius 1 is 1.19 bits per heavy atom. The first-order chi connectivity index (χ1) is 9.90. The van der Waals surface area contributed by atoms with Crippen LogP contribution in [-0.4, -0.2) is 38.4 Å². The minimum atomic E-state index is 0.0924. The number of likely N-dealkylation sites (N-methyl/N-ethyl adjacent to an activating group) is 1. The molecule has 0 saturated carbocycles. The molecule has 2 N–H and O–H groups in total. The van der Waals surface area contributed by atoms with Crippen LogP contribution < -0.4 is 5.73 Å².